The molecule has 0 saturated heterocycles. The van der Waals surface area contributed by atoms with E-state index < -0.39 is 21.3 Å². The molecule has 0 fully saturated rings. The van der Waals surface area contributed by atoms with E-state index in [0.29, 0.717) is 0 Å². The quantitative estimate of drug-likeness (QED) is 0.336. The van der Waals surface area contributed by atoms with Crippen LogP contribution in [0.4, 0.5) is 9.59 Å². The van der Waals surface area contributed by atoms with E-state index in [2.05, 4.69) is 19.2 Å². The average molecular weight is 316 g/mol. The second kappa shape index (κ2) is 5.86. The summed E-state index contributed by atoms with van der Waals surface area (Å²) in [4.78, 5) is 29.0. The van der Waals surface area contributed by atoms with Crippen LogP contribution in [0, 0.1) is 0 Å². The predicted octanol–water partition coefficient (Wildman–Crippen LogP) is 3.51. The van der Waals surface area contributed by atoms with E-state index in [-0.39, 0.29) is 0 Å². The van der Waals surface area contributed by atoms with E-state index in [1.807, 2.05) is 0 Å². The minimum atomic E-state index is -1.82. The van der Waals surface area contributed by atoms with Gasteiger partial charge in [-0.05, 0) is 0 Å². The van der Waals surface area contributed by atoms with Gasteiger partial charge in [-0.15, -0.1) is 0 Å². The first-order chi connectivity index (χ1) is 6.99. The maximum absolute atomic E-state index is 10.7. The van der Waals surface area contributed by atoms with Crippen LogP contribution in [0.3, 0.4) is 0 Å². The molecule has 0 heterocycles. The molecule has 0 rings (SSSR count). The number of rotatable bonds is 2. The van der Waals surface area contributed by atoms with Gasteiger partial charge >= 0.3 is 12.3 Å². The second-order valence-electron chi connectivity index (χ2n) is 2.49. The Balaban J connectivity index is 3.90. The van der Waals surface area contributed by atoms with Gasteiger partial charge in [0, 0.05) is 13.8 Å². The zero-order valence-electron chi connectivity index (χ0n) is 7.96. The molecular weight excluding hydrogens is 310 g/mol. The van der Waals surface area contributed by atoms with Crippen LogP contribution in [-0.4, -0.2) is 21.3 Å². The van der Waals surface area contributed by atoms with Gasteiger partial charge in [-0.3, -0.25) is 0 Å². The number of carbonyl (C=O) groups is 2. The molecule has 0 atom stereocenters. The fourth-order valence-electron chi connectivity index (χ4n) is 0.395. The van der Waals surface area contributed by atoms with E-state index >= 15 is 0 Å². The standard InChI is InChI=1S/C6H6Cl4O6/c1-5(7,8)13-3(11)15-16-4(12)14-6(2,9)10/h1-2H3. The molecule has 10 heteroatoms. The van der Waals surface area contributed by atoms with Crippen LogP contribution < -0.4 is 0 Å². The molecule has 16 heavy (non-hydrogen) atoms. The Morgan fingerprint density at radius 3 is 1.25 bits per heavy atom. The second-order valence-corrected chi connectivity index (χ2v) is 5.76. The van der Waals surface area contributed by atoms with Gasteiger partial charge in [0.05, 0.1) is 0 Å². The van der Waals surface area contributed by atoms with Gasteiger partial charge in [-0.1, -0.05) is 46.4 Å². The summed E-state index contributed by atoms with van der Waals surface area (Å²) in [5.74, 6) is 0. The van der Waals surface area contributed by atoms with Gasteiger partial charge in [0.2, 0.25) is 0 Å². The minimum Gasteiger partial charge on any atom is -0.395 e. The molecule has 0 aliphatic heterocycles. The van der Waals surface area contributed by atoms with Crippen molar-refractivity contribution in [3.05, 3.63) is 0 Å². The van der Waals surface area contributed by atoms with E-state index in [9.17, 15) is 9.59 Å². The number of ether oxygens (including phenoxy) is 2. The molecule has 6 nitrogen and oxygen atoms in total. The molecule has 0 saturated carbocycles. The van der Waals surface area contributed by atoms with Gasteiger partial charge in [-0.25, -0.2) is 0 Å². The predicted molar refractivity (Wildman–Crippen MR) is 55.4 cm³/mol. The van der Waals surface area contributed by atoms with Crippen LogP contribution in [0.2, 0.25) is 0 Å². The normalized spacial score (nSPS) is 11.6. The van der Waals surface area contributed by atoms with Crippen molar-refractivity contribution in [2.75, 3.05) is 0 Å². The Morgan fingerprint density at radius 1 is 0.812 bits per heavy atom. The number of hydrogen-bond donors (Lipinski definition) is 0. The number of alkyl halides is 4. The molecule has 0 amide bonds. The molecule has 0 spiro atoms. The van der Waals surface area contributed by atoms with Crippen LogP contribution in [-0.2, 0) is 19.2 Å². The maximum Gasteiger partial charge on any atom is 0.552 e. The lowest BCUT2D eigenvalue weighted by Crippen LogP contribution is -2.24. The van der Waals surface area contributed by atoms with E-state index in [0.717, 1.165) is 13.8 Å². The Labute approximate surface area is 110 Å². The Bertz CT molecular complexity index is 239. The van der Waals surface area contributed by atoms with Crippen LogP contribution in [0.15, 0.2) is 0 Å². The maximum atomic E-state index is 10.7. The van der Waals surface area contributed by atoms with E-state index in [4.69, 9.17) is 46.4 Å². The molecule has 0 N–H and O–H groups in total. The average Bonchev–Trinajstić information content (AvgIpc) is 1.94. The molecule has 0 aromatic rings. The molecule has 0 aromatic heterocycles. The summed E-state index contributed by atoms with van der Waals surface area (Å²) >= 11 is 21.1. The molecule has 0 aromatic carbocycles. The fourth-order valence-corrected chi connectivity index (χ4v) is 0.647. The topological polar surface area (TPSA) is 71.1 Å². The zero-order valence-corrected chi connectivity index (χ0v) is 11.0. The highest BCUT2D eigenvalue weighted by Crippen LogP contribution is 2.23. The van der Waals surface area contributed by atoms with E-state index in [1.165, 1.54) is 0 Å². The molecule has 0 aliphatic rings. The third kappa shape index (κ3) is 10.2. The van der Waals surface area contributed by atoms with Crippen molar-refractivity contribution in [2.45, 2.75) is 22.9 Å². The monoisotopic (exact) mass is 314 g/mol. The van der Waals surface area contributed by atoms with Gasteiger partial charge in [-0.2, -0.15) is 19.4 Å². The van der Waals surface area contributed by atoms with Crippen LogP contribution in [0.5, 0.6) is 0 Å². The molecule has 0 radical (unpaired) electrons. The van der Waals surface area contributed by atoms with Crippen molar-refractivity contribution in [1.29, 1.82) is 0 Å². The minimum absolute atomic E-state index is 1.14. The first-order valence-electron chi connectivity index (χ1n) is 3.56. The molecule has 0 bridgehead atoms. The number of hydrogen-bond acceptors (Lipinski definition) is 6. The van der Waals surface area contributed by atoms with Crippen LogP contribution in [0.1, 0.15) is 13.8 Å². The van der Waals surface area contributed by atoms with Crippen molar-refractivity contribution < 1.29 is 28.8 Å². The Hall–Kier alpha value is -0.300. The highest BCUT2D eigenvalue weighted by molar-refractivity contribution is 6.47. The molecular formula is C6H6Cl4O6. The lowest BCUT2D eigenvalue weighted by atomic mass is 10.8. The van der Waals surface area contributed by atoms with Crippen molar-refractivity contribution in [2.24, 2.45) is 0 Å². The number of halogens is 4. The van der Waals surface area contributed by atoms with Gasteiger partial charge < -0.3 is 9.47 Å². The van der Waals surface area contributed by atoms with Gasteiger partial charge in [0.15, 0.2) is 0 Å². The summed E-state index contributed by atoms with van der Waals surface area (Å²) in [6.45, 7) is 2.29. The van der Waals surface area contributed by atoms with Crippen molar-refractivity contribution in [3.63, 3.8) is 0 Å². The number of carbonyl (C=O) groups excluding carboxylic acids is 2. The molecule has 0 aliphatic carbocycles. The highest BCUT2D eigenvalue weighted by Gasteiger charge is 2.27. The lowest BCUT2D eigenvalue weighted by Gasteiger charge is -2.14. The highest BCUT2D eigenvalue weighted by atomic mass is 35.5. The van der Waals surface area contributed by atoms with Crippen molar-refractivity contribution in [3.8, 4) is 0 Å². The zero-order chi connectivity index (χ0) is 13.0. The summed E-state index contributed by atoms with van der Waals surface area (Å²) in [5.41, 5.74) is 0. The van der Waals surface area contributed by atoms with E-state index in [1.54, 1.807) is 0 Å². The van der Waals surface area contributed by atoms with Gasteiger partial charge in [0.25, 0.3) is 9.04 Å². The summed E-state index contributed by atoms with van der Waals surface area (Å²) in [6.07, 6.45) is -2.90. The van der Waals surface area contributed by atoms with Crippen molar-refractivity contribution in [1.82, 2.24) is 0 Å². The molecule has 94 valence electrons. The first-order valence-corrected chi connectivity index (χ1v) is 5.07. The van der Waals surface area contributed by atoms with Crippen LogP contribution in [0.25, 0.3) is 0 Å². The summed E-state index contributed by atoms with van der Waals surface area (Å²) in [7, 11) is 0. The largest absolute Gasteiger partial charge is 0.552 e. The SMILES string of the molecule is CC(Cl)(Cl)OC(=O)OOC(=O)OC(C)(Cl)Cl. The smallest absolute Gasteiger partial charge is 0.395 e. The fraction of sp³-hybridized carbons (Fsp3) is 0.667. The first kappa shape index (κ1) is 15.7. The van der Waals surface area contributed by atoms with Crippen molar-refractivity contribution >= 4 is 58.7 Å². The third-order valence-corrected chi connectivity index (χ3v) is 1.01. The van der Waals surface area contributed by atoms with Crippen LogP contribution >= 0.6 is 46.4 Å². The Morgan fingerprint density at radius 2 is 1.06 bits per heavy atom. The molecule has 0 unspecified atom stereocenters. The summed E-state index contributed by atoms with van der Waals surface area (Å²) in [5, 5.41) is 0. The summed E-state index contributed by atoms with van der Waals surface area (Å²) in [6, 6.07) is 0. The third-order valence-electron chi connectivity index (χ3n) is 0.703. The van der Waals surface area contributed by atoms with Gasteiger partial charge in [0.1, 0.15) is 0 Å². The summed E-state index contributed by atoms with van der Waals surface area (Å²) < 4.78 is 4.74. The lowest BCUT2D eigenvalue weighted by molar-refractivity contribution is -0.222. The Kier molecular flexibility index (Phi) is 5.75.